The monoisotopic (exact) mass is 174 g/mol. The van der Waals surface area contributed by atoms with Crippen LogP contribution in [0.25, 0.3) is 0 Å². The van der Waals surface area contributed by atoms with Crippen molar-refractivity contribution in [1.29, 1.82) is 0 Å². The summed E-state index contributed by atoms with van der Waals surface area (Å²) in [6.45, 7) is 0.192. The molecule has 0 amide bonds. The van der Waals surface area contributed by atoms with Gasteiger partial charge in [0.2, 0.25) is 12.2 Å². The molecule has 0 aliphatic heterocycles. The van der Waals surface area contributed by atoms with Crippen molar-refractivity contribution in [2.75, 3.05) is 26.3 Å². The number of carbonyl (C=O) groups excluding carboxylic acids is 2. The maximum atomic E-state index is 9.34. The van der Waals surface area contributed by atoms with Crippen molar-refractivity contribution in [3.05, 3.63) is 0 Å². The maximum Gasteiger partial charge on any atom is 0.235 e. The van der Waals surface area contributed by atoms with Crippen molar-refractivity contribution in [2.45, 2.75) is 0 Å². The summed E-state index contributed by atoms with van der Waals surface area (Å²) in [4.78, 5) is 24.9. The predicted molar refractivity (Wildman–Crippen MR) is 40.1 cm³/mol. The Morgan fingerprint density at radius 1 is 0.917 bits per heavy atom. The second-order valence-electron chi connectivity index (χ2n) is 1.39. The standard InChI is InChI=1S/C4H4N2O2.C2H6O2/c7-3-5-1-2-6-4-8;3-1-2-4/h1-2H2;3-4H,1-2H2. The third-order valence-electron chi connectivity index (χ3n) is 0.553. The zero-order valence-electron chi connectivity index (χ0n) is 6.43. The highest BCUT2D eigenvalue weighted by molar-refractivity contribution is 5.34. The first kappa shape index (κ1) is 13.3. The minimum atomic E-state index is -0.125. The molecule has 0 heterocycles. The molecular formula is C6H10N2O4. The molecule has 12 heavy (non-hydrogen) atoms. The molecular weight excluding hydrogens is 164 g/mol. The Hall–Kier alpha value is -1.32. The molecule has 0 radical (unpaired) electrons. The van der Waals surface area contributed by atoms with Gasteiger partial charge in [-0.1, -0.05) is 0 Å². The number of hydrogen-bond acceptors (Lipinski definition) is 6. The third-order valence-corrected chi connectivity index (χ3v) is 0.553. The van der Waals surface area contributed by atoms with Crippen molar-refractivity contribution in [2.24, 2.45) is 9.98 Å². The highest BCUT2D eigenvalue weighted by atomic mass is 16.3. The molecule has 0 unspecified atom stereocenters. The molecule has 0 aromatic rings. The van der Waals surface area contributed by atoms with Gasteiger partial charge in [-0.3, -0.25) is 0 Å². The fourth-order valence-electron chi connectivity index (χ4n) is 0.191. The van der Waals surface area contributed by atoms with Crippen LogP contribution in [0.5, 0.6) is 0 Å². The minimum Gasteiger partial charge on any atom is -0.394 e. The van der Waals surface area contributed by atoms with Gasteiger partial charge in [0.1, 0.15) is 0 Å². The van der Waals surface area contributed by atoms with E-state index in [-0.39, 0.29) is 26.3 Å². The van der Waals surface area contributed by atoms with Crippen LogP contribution in [0.15, 0.2) is 9.98 Å². The number of aliphatic hydroxyl groups excluding tert-OH is 2. The topological polar surface area (TPSA) is 99.3 Å². The molecule has 0 rings (SSSR count). The minimum absolute atomic E-state index is 0.125. The van der Waals surface area contributed by atoms with E-state index in [0.29, 0.717) is 0 Å². The summed E-state index contributed by atoms with van der Waals surface area (Å²) in [7, 11) is 0. The molecule has 6 heteroatoms. The van der Waals surface area contributed by atoms with E-state index in [0.717, 1.165) is 0 Å². The van der Waals surface area contributed by atoms with E-state index in [4.69, 9.17) is 10.2 Å². The lowest BCUT2D eigenvalue weighted by atomic mass is 10.7. The van der Waals surface area contributed by atoms with Crippen LogP contribution in [0.1, 0.15) is 0 Å². The van der Waals surface area contributed by atoms with Crippen LogP contribution in [0.2, 0.25) is 0 Å². The molecule has 68 valence electrons. The fourth-order valence-corrected chi connectivity index (χ4v) is 0.191. The Balaban J connectivity index is 0. The van der Waals surface area contributed by atoms with Gasteiger partial charge < -0.3 is 10.2 Å². The lowest BCUT2D eigenvalue weighted by Gasteiger charge is -1.74. The van der Waals surface area contributed by atoms with Crippen molar-refractivity contribution in [3.63, 3.8) is 0 Å². The molecule has 0 saturated carbocycles. The number of nitrogens with zero attached hydrogens (tertiary/aromatic N) is 2. The second-order valence-corrected chi connectivity index (χ2v) is 1.39. The van der Waals surface area contributed by atoms with E-state index in [1.165, 1.54) is 12.2 Å². The van der Waals surface area contributed by atoms with Crippen molar-refractivity contribution in [3.8, 4) is 0 Å². The van der Waals surface area contributed by atoms with Gasteiger partial charge in [-0.05, 0) is 0 Å². The summed E-state index contributed by atoms with van der Waals surface area (Å²) in [6, 6.07) is 0. The zero-order valence-corrected chi connectivity index (χ0v) is 6.43. The van der Waals surface area contributed by atoms with E-state index < -0.39 is 0 Å². The lowest BCUT2D eigenvalue weighted by molar-refractivity contribution is 0.186. The SMILES string of the molecule is O=C=NCCN=C=O.OCCO. The van der Waals surface area contributed by atoms with Crippen molar-refractivity contribution < 1.29 is 19.8 Å². The number of hydrogen-bond donors (Lipinski definition) is 2. The Morgan fingerprint density at radius 3 is 1.42 bits per heavy atom. The molecule has 0 bridgehead atoms. The van der Waals surface area contributed by atoms with Crippen LogP contribution in [-0.4, -0.2) is 48.7 Å². The smallest absolute Gasteiger partial charge is 0.235 e. The van der Waals surface area contributed by atoms with Gasteiger partial charge in [0.15, 0.2) is 0 Å². The third kappa shape index (κ3) is 23.4. The van der Waals surface area contributed by atoms with Gasteiger partial charge in [0.05, 0.1) is 26.3 Å². The quantitative estimate of drug-likeness (QED) is 0.312. The molecule has 0 saturated heterocycles. The van der Waals surface area contributed by atoms with E-state index in [9.17, 15) is 9.59 Å². The highest BCUT2D eigenvalue weighted by Gasteiger charge is 1.73. The van der Waals surface area contributed by atoms with Crippen molar-refractivity contribution in [1.82, 2.24) is 0 Å². The van der Waals surface area contributed by atoms with Crippen LogP contribution in [0, 0.1) is 0 Å². The Morgan fingerprint density at radius 2 is 1.25 bits per heavy atom. The van der Waals surface area contributed by atoms with Crippen LogP contribution in [0.4, 0.5) is 0 Å². The van der Waals surface area contributed by atoms with Gasteiger partial charge >= 0.3 is 0 Å². The first-order valence-corrected chi connectivity index (χ1v) is 3.12. The number of aliphatic imine (C=N–C) groups is 2. The summed E-state index contributed by atoms with van der Waals surface area (Å²) in [5, 5.41) is 15.2. The summed E-state index contributed by atoms with van der Waals surface area (Å²) in [6.07, 6.45) is 2.62. The van der Waals surface area contributed by atoms with Gasteiger partial charge in [-0.2, -0.15) is 0 Å². The van der Waals surface area contributed by atoms with Gasteiger partial charge in [-0.25, -0.2) is 19.6 Å². The molecule has 6 nitrogen and oxygen atoms in total. The van der Waals surface area contributed by atoms with Gasteiger partial charge in [0, 0.05) is 0 Å². The summed E-state index contributed by atoms with van der Waals surface area (Å²) >= 11 is 0. The maximum absolute atomic E-state index is 9.34. The molecule has 0 atom stereocenters. The molecule has 0 spiro atoms. The van der Waals surface area contributed by atoms with Crippen LogP contribution >= 0.6 is 0 Å². The number of aliphatic hydroxyl groups is 2. The molecule has 0 aliphatic rings. The summed E-state index contributed by atoms with van der Waals surface area (Å²) < 4.78 is 0. The number of rotatable bonds is 4. The fraction of sp³-hybridized carbons (Fsp3) is 0.667. The van der Waals surface area contributed by atoms with E-state index in [2.05, 4.69) is 9.98 Å². The molecule has 0 fully saturated rings. The normalized spacial score (nSPS) is 6.83. The molecule has 0 aliphatic carbocycles. The highest BCUT2D eigenvalue weighted by Crippen LogP contribution is 1.66. The Bertz CT molecular complexity index is 150. The van der Waals surface area contributed by atoms with Crippen LogP contribution in [-0.2, 0) is 9.59 Å². The van der Waals surface area contributed by atoms with Gasteiger partial charge in [0.25, 0.3) is 0 Å². The summed E-state index contributed by atoms with van der Waals surface area (Å²) in [5.74, 6) is 0. The average Bonchev–Trinajstić information content (AvgIpc) is 2.13. The molecule has 0 aromatic heterocycles. The Labute approximate surface area is 69.3 Å². The second kappa shape index (κ2) is 16.3. The van der Waals surface area contributed by atoms with E-state index >= 15 is 0 Å². The molecule has 2 N–H and O–H groups in total. The predicted octanol–water partition coefficient (Wildman–Crippen LogP) is -1.37. The molecule has 0 aromatic carbocycles. The van der Waals surface area contributed by atoms with E-state index in [1.54, 1.807) is 0 Å². The van der Waals surface area contributed by atoms with Gasteiger partial charge in [-0.15, -0.1) is 0 Å². The van der Waals surface area contributed by atoms with Crippen LogP contribution < -0.4 is 0 Å². The number of isocyanates is 2. The van der Waals surface area contributed by atoms with Crippen molar-refractivity contribution >= 4 is 12.2 Å². The summed E-state index contributed by atoms with van der Waals surface area (Å²) in [5.41, 5.74) is 0. The first-order valence-electron chi connectivity index (χ1n) is 3.12. The van der Waals surface area contributed by atoms with E-state index in [1.807, 2.05) is 0 Å². The van der Waals surface area contributed by atoms with Crippen LogP contribution in [0.3, 0.4) is 0 Å². The Kier molecular flexibility index (Phi) is 18.1. The zero-order chi connectivity index (χ0) is 9.66. The first-order chi connectivity index (χ1) is 5.83. The largest absolute Gasteiger partial charge is 0.394 e. The lowest BCUT2D eigenvalue weighted by Crippen LogP contribution is -1.85. The average molecular weight is 174 g/mol.